The molecule has 10 nitrogen and oxygen atoms in total. The standard InChI is InChI=1S/C29H21N5O5S/c1-2-39-19-14-12-18(13-15-19)30-22(35)16-33-21-11-7-6-10-20(21)23(27(33)37)25-28(38)34-29(40-25)31-26(36)24(32-34)17-8-4-3-5-9-17/h3-15H,2,16H2,1H3,(H,30,35). The first-order chi connectivity index (χ1) is 19.4. The first kappa shape index (κ1) is 25.1. The Bertz CT molecular complexity index is 1950. The lowest BCUT2D eigenvalue weighted by Crippen LogP contribution is -2.37. The fourth-order valence-electron chi connectivity index (χ4n) is 4.54. The number of rotatable bonds is 6. The molecule has 3 aromatic carbocycles. The van der Waals surface area contributed by atoms with Crippen molar-refractivity contribution in [1.29, 1.82) is 0 Å². The molecule has 2 amide bonds. The number of anilines is 2. The molecule has 0 saturated heterocycles. The minimum Gasteiger partial charge on any atom is -0.494 e. The van der Waals surface area contributed by atoms with E-state index in [2.05, 4.69) is 15.4 Å². The van der Waals surface area contributed by atoms with Crippen molar-refractivity contribution in [2.45, 2.75) is 6.92 Å². The SMILES string of the molecule is CCOc1ccc(NC(=O)CN2C(=O)C(=c3sc4nc(=O)c(-c5ccccc5)nn4c3=O)c3ccccc32)cc1. The number of fused-ring (bicyclic) bond motifs is 2. The zero-order valence-corrected chi connectivity index (χ0v) is 22.0. The second kappa shape index (κ2) is 10.2. The molecule has 1 N–H and O–H groups in total. The van der Waals surface area contributed by atoms with Crippen LogP contribution in [-0.4, -0.2) is 39.6 Å². The van der Waals surface area contributed by atoms with Gasteiger partial charge >= 0.3 is 5.56 Å². The largest absolute Gasteiger partial charge is 0.494 e. The van der Waals surface area contributed by atoms with Crippen LogP contribution in [0.25, 0.3) is 21.8 Å². The lowest BCUT2D eigenvalue weighted by Gasteiger charge is -2.16. The fraction of sp³-hybridized carbons (Fsp3) is 0.103. The summed E-state index contributed by atoms with van der Waals surface area (Å²) in [5.74, 6) is -0.228. The zero-order valence-electron chi connectivity index (χ0n) is 21.2. The molecule has 2 aromatic heterocycles. The molecule has 0 unspecified atom stereocenters. The van der Waals surface area contributed by atoms with Crippen LogP contribution in [0.15, 0.2) is 88.5 Å². The van der Waals surface area contributed by atoms with Crippen LogP contribution < -0.4 is 30.6 Å². The second-order valence-corrected chi connectivity index (χ2v) is 9.83. The van der Waals surface area contributed by atoms with Gasteiger partial charge in [-0.2, -0.15) is 14.6 Å². The summed E-state index contributed by atoms with van der Waals surface area (Å²) in [6.45, 7) is 2.15. The molecule has 5 aromatic rings. The van der Waals surface area contributed by atoms with E-state index in [-0.39, 0.29) is 27.3 Å². The normalized spacial score (nSPS) is 13.9. The van der Waals surface area contributed by atoms with Gasteiger partial charge in [-0.1, -0.05) is 59.9 Å². The van der Waals surface area contributed by atoms with Crippen molar-refractivity contribution in [3.05, 3.63) is 110 Å². The van der Waals surface area contributed by atoms with Gasteiger partial charge in [0, 0.05) is 16.8 Å². The number of aromatic nitrogens is 3. The van der Waals surface area contributed by atoms with E-state index in [1.165, 1.54) is 4.90 Å². The van der Waals surface area contributed by atoms with Crippen LogP contribution in [0.2, 0.25) is 0 Å². The number of nitrogens with zero attached hydrogens (tertiary/aromatic N) is 4. The molecule has 3 heterocycles. The Labute approximate surface area is 230 Å². The Morgan fingerprint density at radius 1 is 0.950 bits per heavy atom. The Morgan fingerprint density at radius 2 is 1.68 bits per heavy atom. The van der Waals surface area contributed by atoms with Crippen molar-refractivity contribution in [3.8, 4) is 17.0 Å². The van der Waals surface area contributed by atoms with Crippen molar-refractivity contribution in [2.24, 2.45) is 0 Å². The predicted molar refractivity (Wildman–Crippen MR) is 152 cm³/mol. The van der Waals surface area contributed by atoms with E-state index in [4.69, 9.17) is 4.74 Å². The van der Waals surface area contributed by atoms with E-state index in [0.29, 0.717) is 34.9 Å². The summed E-state index contributed by atoms with van der Waals surface area (Å²) < 4.78 is 6.57. The van der Waals surface area contributed by atoms with E-state index in [0.717, 1.165) is 15.9 Å². The third-order valence-electron chi connectivity index (χ3n) is 6.31. The number of carbonyl (C=O) groups is 2. The molecule has 0 atom stereocenters. The molecule has 0 fully saturated rings. The monoisotopic (exact) mass is 551 g/mol. The molecule has 11 heteroatoms. The van der Waals surface area contributed by atoms with Gasteiger partial charge in [0.2, 0.25) is 10.9 Å². The summed E-state index contributed by atoms with van der Waals surface area (Å²) in [6, 6.07) is 22.6. The van der Waals surface area contributed by atoms with Crippen LogP contribution in [0, 0.1) is 0 Å². The van der Waals surface area contributed by atoms with E-state index in [9.17, 15) is 19.2 Å². The van der Waals surface area contributed by atoms with Crippen molar-refractivity contribution in [3.63, 3.8) is 0 Å². The van der Waals surface area contributed by atoms with Gasteiger partial charge in [0.15, 0.2) is 5.69 Å². The summed E-state index contributed by atoms with van der Waals surface area (Å²) in [5.41, 5.74) is 1.13. The highest BCUT2D eigenvalue weighted by molar-refractivity contribution is 7.15. The number of para-hydroxylation sites is 1. The molecule has 40 heavy (non-hydrogen) atoms. The van der Waals surface area contributed by atoms with Crippen molar-refractivity contribution < 1.29 is 14.3 Å². The van der Waals surface area contributed by atoms with Crippen LogP contribution in [0.1, 0.15) is 12.5 Å². The van der Waals surface area contributed by atoms with Crippen molar-refractivity contribution in [2.75, 3.05) is 23.4 Å². The lowest BCUT2D eigenvalue weighted by molar-refractivity contribution is -0.118. The van der Waals surface area contributed by atoms with E-state index in [1.54, 1.807) is 78.9 Å². The van der Waals surface area contributed by atoms with Gasteiger partial charge in [-0.05, 0) is 37.3 Å². The number of hydrogen-bond donors (Lipinski definition) is 1. The Kier molecular flexibility index (Phi) is 6.40. The Morgan fingerprint density at radius 3 is 2.42 bits per heavy atom. The molecule has 0 spiro atoms. The minimum absolute atomic E-state index is 0.0373. The maximum absolute atomic E-state index is 13.7. The van der Waals surface area contributed by atoms with Gasteiger partial charge in [-0.3, -0.25) is 24.1 Å². The van der Waals surface area contributed by atoms with Crippen molar-refractivity contribution >= 4 is 45.1 Å². The van der Waals surface area contributed by atoms with E-state index in [1.807, 2.05) is 6.92 Å². The Hall–Kier alpha value is -5.16. The fourth-order valence-corrected chi connectivity index (χ4v) is 5.53. The van der Waals surface area contributed by atoms with Crippen LogP contribution >= 0.6 is 11.3 Å². The number of thiazole rings is 1. The number of hydrogen-bond acceptors (Lipinski definition) is 8. The third kappa shape index (κ3) is 4.41. The summed E-state index contributed by atoms with van der Waals surface area (Å²) in [6.07, 6.45) is 0. The second-order valence-electron chi connectivity index (χ2n) is 8.85. The molecular formula is C29H21N5O5S. The minimum atomic E-state index is -0.574. The highest BCUT2D eigenvalue weighted by Crippen LogP contribution is 2.35. The molecule has 198 valence electrons. The van der Waals surface area contributed by atoms with Crippen LogP contribution in [0.3, 0.4) is 0 Å². The molecule has 1 aliphatic rings. The molecule has 0 bridgehead atoms. The molecule has 0 aliphatic carbocycles. The maximum atomic E-state index is 13.7. The molecule has 0 radical (unpaired) electrons. The lowest BCUT2D eigenvalue weighted by atomic mass is 10.1. The number of amides is 2. The van der Waals surface area contributed by atoms with Gasteiger partial charge in [-0.25, -0.2) is 0 Å². The maximum Gasteiger partial charge on any atom is 0.300 e. The van der Waals surface area contributed by atoms with E-state index >= 15 is 0 Å². The van der Waals surface area contributed by atoms with Crippen LogP contribution in [0.4, 0.5) is 11.4 Å². The first-order valence-electron chi connectivity index (χ1n) is 12.4. The van der Waals surface area contributed by atoms with Gasteiger partial charge in [0.05, 0.1) is 17.9 Å². The summed E-state index contributed by atoms with van der Waals surface area (Å²) in [5, 5.41) is 7.07. The third-order valence-corrected chi connectivity index (χ3v) is 7.34. The number of carbonyl (C=O) groups excluding carboxylic acids is 2. The zero-order chi connectivity index (χ0) is 27.8. The summed E-state index contributed by atoms with van der Waals surface area (Å²) in [7, 11) is 0. The molecule has 1 aliphatic heterocycles. The van der Waals surface area contributed by atoms with Gasteiger partial charge < -0.3 is 10.1 Å². The molecule has 6 rings (SSSR count). The highest BCUT2D eigenvalue weighted by Gasteiger charge is 2.35. The highest BCUT2D eigenvalue weighted by atomic mass is 32.1. The predicted octanol–water partition coefficient (Wildman–Crippen LogP) is 2.48. The number of nitrogens with one attached hydrogen (secondary N) is 1. The molecular weight excluding hydrogens is 530 g/mol. The summed E-state index contributed by atoms with van der Waals surface area (Å²) in [4.78, 5) is 58.3. The van der Waals surface area contributed by atoms with Crippen LogP contribution in [0.5, 0.6) is 5.75 Å². The average molecular weight is 552 g/mol. The number of benzene rings is 3. The Balaban J connectivity index is 1.38. The van der Waals surface area contributed by atoms with E-state index < -0.39 is 22.9 Å². The van der Waals surface area contributed by atoms with Gasteiger partial charge in [-0.15, -0.1) is 0 Å². The first-order valence-corrected chi connectivity index (χ1v) is 13.2. The molecule has 0 saturated carbocycles. The van der Waals surface area contributed by atoms with Gasteiger partial charge in [0.25, 0.3) is 11.5 Å². The van der Waals surface area contributed by atoms with Crippen LogP contribution in [-0.2, 0) is 9.59 Å². The van der Waals surface area contributed by atoms with Crippen molar-refractivity contribution in [1.82, 2.24) is 14.6 Å². The summed E-state index contributed by atoms with van der Waals surface area (Å²) >= 11 is 0.915. The smallest absolute Gasteiger partial charge is 0.300 e. The number of ether oxygens (including phenoxy) is 1. The quantitative estimate of drug-likeness (QED) is 0.344. The average Bonchev–Trinajstić information content (AvgIpc) is 3.42. The van der Waals surface area contributed by atoms with Gasteiger partial charge in [0.1, 0.15) is 16.8 Å². The topological polar surface area (TPSA) is 123 Å².